The quantitative estimate of drug-likeness (QED) is 0.594. The Hall–Kier alpha value is -0.650. The first-order valence-electron chi connectivity index (χ1n) is 7.32. The van der Waals surface area contributed by atoms with Crippen LogP contribution < -0.4 is 5.32 Å². The van der Waals surface area contributed by atoms with Crippen LogP contribution in [0.3, 0.4) is 0 Å². The minimum Gasteiger partial charge on any atom is -0.480 e. The number of nitrogens with one attached hydrogen (secondary N) is 1. The summed E-state index contributed by atoms with van der Waals surface area (Å²) in [5.41, 5.74) is -0.800. The molecule has 1 fully saturated rings. The van der Waals surface area contributed by atoms with Crippen LogP contribution in [-0.2, 0) is 14.3 Å². The van der Waals surface area contributed by atoms with E-state index in [0.717, 1.165) is 32.4 Å². The molecule has 1 aliphatic heterocycles. The molecule has 5 heteroatoms. The first-order chi connectivity index (χ1) is 9.14. The monoisotopic (exact) mass is 273 g/mol. The first kappa shape index (κ1) is 16.4. The lowest BCUT2D eigenvalue weighted by Crippen LogP contribution is -2.52. The van der Waals surface area contributed by atoms with Gasteiger partial charge in [0.05, 0.1) is 12.7 Å². The van der Waals surface area contributed by atoms with Crippen molar-refractivity contribution in [3.05, 3.63) is 0 Å². The SMILES string of the molecule is CCCNC(CC)(CCCOC1CCOC1)C(=O)O. The lowest BCUT2D eigenvalue weighted by atomic mass is 9.90. The molecule has 1 rings (SSSR count). The third kappa shape index (κ3) is 5.09. The molecule has 0 aliphatic carbocycles. The smallest absolute Gasteiger partial charge is 0.323 e. The third-order valence-electron chi connectivity index (χ3n) is 3.72. The number of aliphatic carboxylic acids is 1. The zero-order valence-corrected chi connectivity index (χ0v) is 12.1. The fraction of sp³-hybridized carbons (Fsp3) is 0.929. The van der Waals surface area contributed by atoms with Crippen molar-refractivity contribution in [3.63, 3.8) is 0 Å². The summed E-state index contributed by atoms with van der Waals surface area (Å²) in [6.07, 6.45) is 4.04. The Morgan fingerprint density at radius 1 is 1.53 bits per heavy atom. The molecule has 19 heavy (non-hydrogen) atoms. The van der Waals surface area contributed by atoms with Crippen molar-refractivity contribution in [2.45, 2.75) is 57.6 Å². The van der Waals surface area contributed by atoms with Gasteiger partial charge in [-0.05, 0) is 38.6 Å². The van der Waals surface area contributed by atoms with E-state index < -0.39 is 11.5 Å². The van der Waals surface area contributed by atoms with E-state index in [-0.39, 0.29) is 6.10 Å². The van der Waals surface area contributed by atoms with E-state index in [1.807, 2.05) is 13.8 Å². The van der Waals surface area contributed by atoms with E-state index in [2.05, 4.69) is 5.32 Å². The van der Waals surface area contributed by atoms with Gasteiger partial charge in [-0.2, -0.15) is 0 Å². The Labute approximate surface area is 115 Å². The molecule has 0 aromatic carbocycles. The Morgan fingerprint density at radius 2 is 2.32 bits per heavy atom. The van der Waals surface area contributed by atoms with Crippen LogP contribution in [0.4, 0.5) is 0 Å². The maximum atomic E-state index is 11.5. The van der Waals surface area contributed by atoms with Crippen molar-refractivity contribution >= 4 is 5.97 Å². The van der Waals surface area contributed by atoms with Crippen LogP contribution in [0.25, 0.3) is 0 Å². The number of carboxylic acids is 1. The molecule has 0 radical (unpaired) electrons. The number of ether oxygens (including phenoxy) is 2. The van der Waals surface area contributed by atoms with E-state index in [9.17, 15) is 9.90 Å². The maximum Gasteiger partial charge on any atom is 0.323 e. The molecule has 2 atom stereocenters. The molecule has 5 nitrogen and oxygen atoms in total. The zero-order chi connectivity index (χ0) is 14.1. The van der Waals surface area contributed by atoms with Gasteiger partial charge in [-0.15, -0.1) is 0 Å². The normalized spacial score (nSPS) is 22.3. The second-order valence-corrected chi connectivity index (χ2v) is 5.13. The predicted octanol–water partition coefficient (Wildman–Crippen LogP) is 1.81. The van der Waals surface area contributed by atoms with E-state index in [0.29, 0.717) is 26.1 Å². The van der Waals surface area contributed by atoms with Gasteiger partial charge in [-0.25, -0.2) is 0 Å². The van der Waals surface area contributed by atoms with E-state index in [1.54, 1.807) is 0 Å². The average Bonchev–Trinajstić information content (AvgIpc) is 2.91. The Bertz CT molecular complexity index is 266. The third-order valence-corrected chi connectivity index (χ3v) is 3.72. The summed E-state index contributed by atoms with van der Waals surface area (Å²) in [5, 5.41) is 12.6. The number of rotatable bonds is 10. The van der Waals surface area contributed by atoms with Crippen LogP contribution in [0.2, 0.25) is 0 Å². The molecule has 2 N–H and O–H groups in total. The Morgan fingerprint density at radius 3 is 2.84 bits per heavy atom. The molecule has 0 bridgehead atoms. The molecule has 112 valence electrons. The van der Waals surface area contributed by atoms with Gasteiger partial charge >= 0.3 is 5.97 Å². The minimum absolute atomic E-state index is 0.199. The van der Waals surface area contributed by atoms with E-state index >= 15 is 0 Å². The second-order valence-electron chi connectivity index (χ2n) is 5.13. The highest BCUT2D eigenvalue weighted by Crippen LogP contribution is 2.19. The molecule has 0 aromatic rings. The standard InChI is InChI=1S/C14H27NO4/c1-3-8-15-14(4-2,13(16)17)7-5-9-19-12-6-10-18-11-12/h12,15H,3-11H2,1-2H3,(H,16,17). The van der Waals surface area contributed by atoms with Crippen molar-refractivity contribution in [1.82, 2.24) is 5.32 Å². The van der Waals surface area contributed by atoms with Crippen molar-refractivity contribution < 1.29 is 19.4 Å². The van der Waals surface area contributed by atoms with Gasteiger partial charge in [-0.1, -0.05) is 13.8 Å². The first-order valence-corrected chi connectivity index (χ1v) is 7.32. The molecular weight excluding hydrogens is 246 g/mol. The van der Waals surface area contributed by atoms with Crippen LogP contribution in [-0.4, -0.2) is 49.1 Å². The number of carbonyl (C=O) groups is 1. The largest absolute Gasteiger partial charge is 0.480 e. The van der Waals surface area contributed by atoms with Gasteiger partial charge in [-0.3, -0.25) is 4.79 Å². The topological polar surface area (TPSA) is 67.8 Å². The summed E-state index contributed by atoms with van der Waals surface area (Å²) in [5.74, 6) is -0.757. The van der Waals surface area contributed by atoms with Gasteiger partial charge in [0.25, 0.3) is 0 Å². The molecular formula is C14H27NO4. The van der Waals surface area contributed by atoms with Crippen molar-refractivity contribution in [2.75, 3.05) is 26.4 Å². The second kappa shape index (κ2) is 8.51. The lowest BCUT2D eigenvalue weighted by molar-refractivity contribution is -0.145. The average molecular weight is 273 g/mol. The summed E-state index contributed by atoms with van der Waals surface area (Å²) in [7, 11) is 0. The highest BCUT2D eigenvalue weighted by atomic mass is 16.5. The summed E-state index contributed by atoms with van der Waals surface area (Å²) in [4.78, 5) is 11.5. The van der Waals surface area contributed by atoms with Crippen LogP contribution in [0, 0.1) is 0 Å². The van der Waals surface area contributed by atoms with Crippen molar-refractivity contribution in [1.29, 1.82) is 0 Å². The fourth-order valence-corrected chi connectivity index (χ4v) is 2.36. The number of hydrogen-bond donors (Lipinski definition) is 2. The minimum atomic E-state index is -0.800. The molecule has 0 amide bonds. The number of hydrogen-bond acceptors (Lipinski definition) is 4. The van der Waals surface area contributed by atoms with Gasteiger partial charge in [0.1, 0.15) is 5.54 Å². The van der Waals surface area contributed by atoms with Crippen LogP contribution in [0.1, 0.15) is 46.0 Å². The molecule has 1 aliphatic rings. The highest BCUT2D eigenvalue weighted by Gasteiger charge is 2.35. The van der Waals surface area contributed by atoms with E-state index in [4.69, 9.17) is 9.47 Å². The highest BCUT2D eigenvalue weighted by molar-refractivity contribution is 5.78. The van der Waals surface area contributed by atoms with Crippen LogP contribution >= 0.6 is 0 Å². The number of carboxylic acid groups (broad SMARTS) is 1. The van der Waals surface area contributed by atoms with Crippen LogP contribution in [0.5, 0.6) is 0 Å². The van der Waals surface area contributed by atoms with Gasteiger partial charge in [0.2, 0.25) is 0 Å². The van der Waals surface area contributed by atoms with Gasteiger partial charge in [0.15, 0.2) is 0 Å². The summed E-state index contributed by atoms with van der Waals surface area (Å²) < 4.78 is 10.9. The zero-order valence-electron chi connectivity index (χ0n) is 12.1. The lowest BCUT2D eigenvalue weighted by Gasteiger charge is -2.29. The summed E-state index contributed by atoms with van der Waals surface area (Å²) >= 11 is 0. The Kier molecular flexibility index (Phi) is 7.34. The molecule has 0 spiro atoms. The van der Waals surface area contributed by atoms with Crippen molar-refractivity contribution in [3.8, 4) is 0 Å². The van der Waals surface area contributed by atoms with Gasteiger partial charge in [0, 0.05) is 13.2 Å². The molecule has 2 unspecified atom stereocenters. The van der Waals surface area contributed by atoms with Crippen molar-refractivity contribution in [2.24, 2.45) is 0 Å². The fourth-order valence-electron chi connectivity index (χ4n) is 2.36. The predicted molar refractivity (Wildman–Crippen MR) is 73.4 cm³/mol. The molecule has 1 saturated heterocycles. The van der Waals surface area contributed by atoms with Crippen LogP contribution in [0.15, 0.2) is 0 Å². The van der Waals surface area contributed by atoms with E-state index in [1.165, 1.54) is 0 Å². The maximum absolute atomic E-state index is 11.5. The molecule has 0 saturated carbocycles. The Balaban J connectivity index is 2.32. The molecule has 1 heterocycles. The van der Waals surface area contributed by atoms with Gasteiger partial charge < -0.3 is 19.9 Å². The molecule has 0 aromatic heterocycles. The summed E-state index contributed by atoms with van der Waals surface area (Å²) in [6.45, 7) is 6.75. The summed E-state index contributed by atoms with van der Waals surface area (Å²) in [6, 6.07) is 0.